The minimum atomic E-state index is -0.440. The van der Waals surface area contributed by atoms with Crippen molar-refractivity contribution in [1.29, 1.82) is 0 Å². The molecular formula is C11H12N4O2S. The molecule has 0 unspecified atom stereocenters. The van der Waals surface area contributed by atoms with Crippen LogP contribution in [-0.4, -0.2) is 15.9 Å². The maximum Gasteiger partial charge on any atom is 0.300 e. The second kappa shape index (κ2) is 5.65. The van der Waals surface area contributed by atoms with Gasteiger partial charge in [-0.1, -0.05) is 11.8 Å². The topological polar surface area (TPSA) is 94.0 Å². The van der Waals surface area contributed by atoms with Crippen LogP contribution in [0.15, 0.2) is 34.1 Å². The summed E-state index contributed by atoms with van der Waals surface area (Å²) in [5.41, 5.74) is 2.95. The summed E-state index contributed by atoms with van der Waals surface area (Å²) in [5, 5.41) is 0.683. The first-order chi connectivity index (χ1) is 8.70. The number of thioether (sulfide) groups is 1. The van der Waals surface area contributed by atoms with E-state index in [-0.39, 0.29) is 5.76 Å². The molecule has 18 heavy (non-hydrogen) atoms. The molecule has 7 heteroatoms. The van der Waals surface area contributed by atoms with E-state index < -0.39 is 5.91 Å². The number of amides is 1. The number of nitrogens with two attached hydrogens (primary N) is 1. The highest BCUT2D eigenvalue weighted by Gasteiger charge is 2.13. The number of aromatic nitrogens is 2. The average molecular weight is 264 g/mol. The fraction of sp³-hybridized carbons (Fsp3) is 0.182. The summed E-state index contributed by atoms with van der Waals surface area (Å²) in [6.07, 6.45) is 3.37. The Bertz CT molecular complexity index is 541. The summed E-state index contributed by atoms with van der Waals surface area (Å²) in [5.74, 6) is 6.14. The SMILES string of the molecule is Cc1oc(C(=O)NN)cc1CSc1ncccn1. The molecule has 0 aliphatic heterocycles. The molecular weight excluding hydrogens is 252 g/mol. The second-order valence-corrected chi connectivity index (χ2v) is 4.43. The smallest absolute Gasteiger partial charge is 0.300 e. The largest absolute Gasteiger partial charge is 0.456 e. The number of nitrogens with one attached hydrogen (secondary N) is 1. The number of hydrogen-bond acceptors (Lipinski definition) is 6. The van der Waals surface area contributed by atoms with Crippen molar-refractivity contribution >= 4 is 17.7 Å². The van der Waals surface area contributed by atoms with Crippen LogP contribution in [0.3, 0.4) is 0 Å². The number of aryl methyl sites for hydroxylation is 1. The third kappa shape index (κ3) is 2.88. The normalized spacial score (nSPS) is 10.3. The van der Waals surface area contributed by atoms with Crippen LogP contribution >= 0.6 is 11.8 Å². The van der Waals surface area contributed by atoms with Crippen molar-refractivity contribution in [2.75, 3.05) is 0 Å². The van der Waals surface area contributed by atoms with Gasteiger partial charge in [-0.3, -0.25) is 10.2 Å². The van der Waals surface area contributed by atoms with Gasteiger partial charge in [0.05, 0.1) is 0 Å². The van der Waals surface area contributed by atoms with Gasteiger partial charge in [0.2, 0.25) is 0 Å². The lowest BCUT2D eigenvalue weighted by Crippen LogP contribution is -2.29. The molecule has 6 nitrogen and oxygen atoms in total. The van der Waals surface area contributed by atoms with Gasteiger partial charge in [-0.2, -0.15) is 0 Å². The van der Waals surface area contributed by atoms with E-state index in [1.807, 2.05) is 5.43 Å². The van der Waals surface area contributed by atoms with Crippen LogP contribution in [0, 0.1) is 6.92 Å². The number of rotatable bonds is 4. The van der Waals surface area contributed by atoms with Crippen molar-refractivity contribution in [1.82, 2.24) is 15.4 Å². The van der Waals surface area contributed by atoms with Crippen molar-refractivity contribution in [3.05, 3.63) is 41.6 Å². The van der Waals surface area contributed by atoms with Crippen LogP contribution in [0.5, 0.6) is 0 Å². The van der Waals surface area contributed by atoms with Crippen molar-refractivity contribution in [3.8, 4) is 0 Å². The Hall–Kier alpha value is -1.86. The Kier molecular flexibility index (Phi) is 3.96. The van der Waals surface area contributed by atoms with E-state index in [1.54, 1.807) is 31.5 Å². The summed E-state index contributed by atoms with van der Waals surface area (Å²) in [4.78, 5) is 19.5. The number of hydrazine groups is 1. The molecule has 2 aromatic heterocycles. The van der Waals surface area contributed by atoms with E-state index in [1.165, 1.54) is 11.8 Å². The zero-order chi connectivity index (χ0) is 13.0. The first-order valence-electron chi connectivity index (χ1n) is 5.21. The summed E-state index contributed by atoms with van der Waals surface area (Å²) in [6.45, 7) is 1.80. The van der Waals surface area contributed by atoms with Crippen molar-refractivity contribution < 1.29 is 9.21 Å². The van der Waals surface area contributed by atoms with Crippen molar-refractivity contribution in [2.45, 2.75) is 17.8 Å². The lowest BCUT2D eigenvalue weighted by molar-refractivity contribution is 0.0924. The Morgan fingerprint density at radius 3 is 2.89 bits per heavy atom. The number of carbonyl (C=O) groups excluding carboxylic acids is 1. The van der Waals surface area contributed by atoms with Gasteiger partial charge >= 0.3 is 5.91 Å². The number of furan rings is 1. The minimum absolute atomic E-state index is 0.208. The van der Waals surface area contributed by atoms with Crippen LogP contribution < -0.4 is 11.3 Å². The van der Waals surface area contributed by atoms with Crippen LogP contribution in [0.4, 0.5) is 0 Å². The summed E-state index contributed by atoms with van der Waals surface area (Å²) in [6, 6.07) is 3.43. The van der Waals surface area contributed by atoms with Crippen LogP contribution in [0.25, 0.3) is 0 Å². The lowest BCUT2D eigenvalue weighted by Gasteiger charge is -1.97. The Balaban J connectivity index is 2.06. The molecule has 0 aromatic carbocycles. The predicted octanol–water partition coefficient (Wildman–Crippen LogP) is 1.27. The molecule has 0 aliphatic carbocycles. The third-order valence-electron chi connectivity index (χ3n) is 2.27. The molecule has 94 valence electrons. The molecule has 0 spiro atoms. The minimum Gasteiger partial charge on any atom is -0.456 e. The Morgan fingerprint density at radius 1 is 1.50 bits per heavy atom. The quantitative estimate of drug-likeness (QED) is 0.284. The first-order valence-corrected chi connectivity index (χ1v) is 6.19. The number of nitrogen functional groups attached to an aromatic ring is 1. The molecule has 2 aromatic rings. The maximum absolute atomic E-state index is 11.3. The van der Waals surface area contributed by atoms with E-state index in [4.69, 9.17) is 10.3 Å². The van der Waals surface area contributed by atoms with Gasteiger partial charge in [-0.15, -0.1) is 0 Å². The fourth-order valence-electron chi connectivity index (χ4n) is 1.35. The summed E-state index contributed by atoms with van der Waals surface area (Å²) < 4.78 is 5.31. The molecule has 0 fully saturated rings. The monoisotopic (exact) mass is 264 g/mol. The van der Waals surface area contributed by atoms with Gasteiger partial charge < -0.3 is 4.42 Å². The standard InChI is InChI=1S/C11H12N4O2S/c1-7-8(5-9(17-7)10(16)15-12)6-18-11-13-3-2-4-14-11/h2-5H,6,12H2,1H3,(H,15,16). The van der Waals surface area contributed by atoms with Crippen LogP contribution in [0.2, 0.25) is 0 Å². The van der Waals surface area contributed by atoms with Crippen molar-refractivity contribution in [3.63, 3.8) is 0 Å². The zero-order valence-electron chi connectivity index (χ0n) is 9.71. The summed E-state index contributed by atoms with van der Waals surface area (Å²) in [7, 11) is 0. The van der Waals surface area contributed by atoms with Gasteiger partial charge in [-0.05, 0) is 19.1 Å². The van der Waals surface area contributed by atoms with Crippen molar-refractivity contribution in [2.24, 2.45) is 5.84 Å². The van der Waals surface area contributed by atoms with Gasteiger partial charge in [0.1, 0.15) is 5.76 Å². The van der Waals surface area contributed by atoms with E-state index in [9.17, 15) is 4.79 Å². The molecule has 0 saturated carbocycles. The Morgan fingerprint density at radius 2 is 2.22 bits per heavy atom. The van der Waals surface area contributed by atoms with E-state index >= 15 is 0 Å². The fourth-order valence-corrected chi connectivity index (χ4v) is 2.19. The third-order valence-corrected chi connectivity index (χ3v) is 3.20. The van der Waals surface area contributed by atoms with Crippen LogP contribution in [-0.2, 0) is 5.75 Å². The second-order valence-electron chi connectivity index (χ2n) is 3.49. The first kappa shape index (κ1) is 12.6. The molecule has 2 rings (SSSR count). The molecule has 3 N–H and O–H groups in total. The van der Waals surface area contributed by atoms with Gasteiger partial charge in [-0.25, -0.2) is 15.8 Å². The molecule has 2 heterocycles. The van der Waals surface area contributed by atoms with E-state index in [2.05, 4.69) is 9.97 Å². The molecule has 0 bridgehead atoms. The highest BCUT2D eigenvalue weighted by Crippen LogP contribution is 2.23. The number of nitrogens with zero attached hydrogens (tertiary/aromatic N) is 2. The predicted molar refractivity (Wildman–Crippen MR) is 66.7 cm³/mol. The van der Waals surface area contributed by atoms with E-state index in [0.29, 0.717) is 16.7 Å². The number of hydrogen-bond donors (Lipinski definition) is 2. The zero-order valence-corrected chi connectivity index (χ0v) is 10.5. The van der Waals surface area contributed by atoms with Gasteiger partial charge in [0.15, 0.2) is 10.9 Å². The van der Waals surface area contributed by atoms with Gasteiger partial charge in [0, 0.05) is 23.7 Å². The molecule has 1 amide bonds. The van der Waals surface area contributed by atoms with Crippen LogP contribution in [0.1, 0.15) is 21.9 Å². The highest BCUT2D eigenvalue weighted by atomic mass is 32.2. The van der Waals surface area contributed by atoms with E-state index in [0.717, 1.165) is 5.56 Å². The number of carbonyl (C=O) groups is 1. The average Bonchev–Trinajstić information content (AvgIpc) is 2.78. The maximum atomic E-state index is 11.3. The van der Waals surface area contributed by atoms with Gasteiger partial charge in [0.25, 0.3) is 0 Å². The lowest BCUT2D eigenvalue weighted by atomic mass is 10.3. The molecule has 0 aliphatic rings. The molecule has 0 radical (unpaired) electrons. The Labute approximate surface area is 108 Å². The highest BCUT2D eigenvalue weighted by molar-refractivity contribution is 7.98. The molecule has 0 saturated heterocycles. The summed E-state index contributed by atoms with van der Waals surface area (Å²) >= 11 is 1.48. The molecule has 0 atom stereocenters.